The van der Waals surface area contributed by atoms with Gasteiger partial charge in [-0.1, -0.05) is 55.5 Å². The maximum absolute atomic E-state index is 13.7. The Hall–Kier alpha value is -3.59. The number of ether oxygens (including phenoxy) is 1. The van der Waals surface area contributed by atoms with E-state index in [0.29, 0.717) is 23.4 Å². The number of nitrogens with one attached hydrogen (secondary N) is 1. The molecule has 1 N–H and O–H groups in total. The summed E-state index contributed by atoms with van der Waals surface area (Å²) < 4.78 is 32.2. The molecule has 0 aromatic heterocycles. The Morgan fingerprint density at radius 3 is 2.42 bits per heavy atom. The molecule has 36 heavy (non-hydrogen) atoms. The molecular weight excluding hydrogens is 478 g/mol. The number of methoxy groups -OCH3 is 1. The first-order valence-electron chi connectivity index (χ1n) is 11.8. The normalized spacial score (nSPS) is 12.1. The minimum atomic E-state index is -3.82. The van der Waals surface area contributed by atoms with E-state index in [1.807, 2.05) is 43.3 Å². The van der Waals surface area contributed by atoms with Crippen molar-refractivity contribution < 1.29 is 22.7 Å². The van der Waals surface area contributed by atoms with Gasteiger partial charge in [-0.3, -0.25) is 13.9 Å². The molecule has 1 atom stereocenters. The summed E-state index contributed by atoms with van der Waals surface area (Å²) in [6, 6.07) is 19.1. The van der Waals surface area contributed by atoms with Crippen LogP contribution in [0.2, 0.25) is 0 Å². The van der Waals surface area contributed by atoms with Crippen molar-refractivity contribution in [3.63, 3.8) is 0 Å². The summed E-state index contributed by atoms with van der Waals surface area (Å²) >= 11 is 0. The molecular formula is C27H33N3O5S. The van der Waals surface area contributed by atoms with Crippen LogP contribution in [0.25, 0.3) is 10.8 Å². The zero-order valence-corrected chi connectivity index (χ0v) is 21.9. The first-order chi connectivity index (χ1) is 17.2. The Morgan fingerprint density at radius 1 is 1.03 bits per heavy atom. The highest BCUT2D eigenvalue weighted by Gasteiger charge is 2.30. The van der Waals surface area contributed by atoms with E-state index in [-0.39, 0.29) is 12.5 Å². The third-order valence-electron chi connectivity index (χ3n) is 5.92. The average molecular weight is 512 g/mol. The van der Waals surface area contributed by atoms with Crippen molar-refractivity contribution in [3.8, 4) is 5.75 Å². The van der Waals surface area contributed by atoms with Crippen LogP contribution < -0.4 is 14.4 Å². The monoisotopic (exact) mass is 511 g/mol. The number of nitrogens with zero attached hydrogens (tertiary/aromatic N) is 2. The third-order valence-corrected chi connectivity index (χ3v) is 7.04. The molecule has 0 aliphatic carbocycles. The molecule has 0 spiro atoms. The molecule has 1 unspecified atom stereocenters. The van der Waals surface area contributed by atoms with E-state index in [9.17, 15) is 18.0 Å². The molecule has 3 aromatic carbocycles. The van der Waals surface area contributed by atoms with Crippen LogP contribution in [0.5, 0.6) is 5.75 Å². The lowest BCUT2D eigenvalue weighted by Gasteiger charge is -2.32. The van der Waals surface area contributed by atoms with Crippen molar-refractivity contribution in [1.82, 2.24) is 10.2 Å². The molecule has 8 nitrogen and oxygen atoms in total. The van der Waals surface area contributed by atoms with Crippen molar-refractivity contribution in [1.29, 1.82) is 0 Å². The molecule has 0 saturated carbocycles. The summed E-state index contributed by atoms with van der Waals surface area (Å²) in [5, 5.41) is 4.40. The van der Waals surface area contributed by atoms with Crippen molar-refractivity contribution >= 4 is 38.3 Å². The summed E-state index contributed by atoms with van der Waals surface area (Å²) in [7, 11) is -2.26. The zero-order chi connectivity index (χ0) is 26.3. The van der Waals surface area contributed by atoms with Gasteiger partial charge >= 0.3 is 0 Å². The summed E-state index contributed by atoms with van der Waals surface area (Å²) in [5.41, 5.74) is 1.17. The number of sulfonamides is 1. The van der Waals surface area contributed by atoms with Gasteiger partial charge in [-0.05, 0) is 42.5 Å². The summed E-state index contributed by atoms with van der Waals surface area (Å²) in [6.45, 7) is 3.74. The fraction of sp³-hybridized carbons (Fsp3) is 0.333. The number of carbonyl (C=O) groups is 2. The smallest absolute Gasteiger partial charge is 0.244 e. The van der Waals surface area contributed by atoms with Crippen LogP contribution >= 0.6 is 0 Å². The summed E-state index contributed by atoms with van der Waals surface area (Å²) in [4.78, 5) is 27.9. The molecule has 0 saturated heterocycles. The summed E-state index contributed by atoms with van der Waals surface area (Å²) in [5.74, 6) is -0.170. The number of hydrogen-bond donors (Lipinski definition) is 1. The van der Waals surface area contributed by atoms with Gasteiger partial charge in [0.2, 0.25) is 21.8 Å². The van der Waals surface area contributed by atoms with Crippen molar-refractivity contribution in [2.45, 2.75) is 32.9 Å². The van der Waals surface area contributed by atoms with Crippen molar-refractivity contribution in [2.75, 3.05) is 30.8 Å². The largest absolute Gasteiger partial charge is 0.497 e. The predicted octanol–water partition coefficient (Wildman–Crippen LogP) is 3.56. The van der Waals surface area contributed by atoms with Gasteiger partial charge in [0.25, 0.3) is 0 Å². The van der Waals surface area contributed by atoms with E-state index in [4.69, 9.17) is 4.74 Å². The van der Waals surface area contributed by atoms with E-state index >= 15 is 0 Å². The Bertz CT molecular complexity index is 1320. The van der Waals surface area contributed by atoms with Gasteiger partial charge in [-0.2, -0.15) is 0 Å². The molecule has 0 bridgehead atoms. The van der Waals surface area contributed by atoms with Crippen molar-refractivity contribution in [3.05, 3.63) is 72.3 Å². The first kappa shape index (κ1) is 27.0. The Kier molecular flexibility index (Phi) is 8.93. The second kappa shape index (κ2) is 11.9. The van der Waals surface area contributed by atoms with E-state index in [2.05, 4.69) is 5.32 Å². The topological polar surface area (TPSA) is 96.0 Å². The Morgan fingerprint density at radius 2 is 1.72 bits per heavy atom. The third kappa shape index (κ3) is 6.54. The lowest BCUT2D eigenvalue weighted by atomic mass is 10.1. The van der Waals surface area contributed by atoms with E-state index in [1.54, 1.807) is 44.4 Å². The molecule has 0 aliphatic heterocycles. The number of fused-ring (bicyclic) bond motifs is 1. The number of amides is 2. The van der Waals surface area contributed by atoms with Gasteiger partial charge < -0.3 is 15.0 Å². The molecule has 3 aromatic rings. The highest BCUT2D eigenvalue weighted by Crippen LogP contribution is 2.28. The number of hydrogen-bond acceptors (Lipinski definition) is 5. The number of benzene rings is 3. The highest BCUT2D eigenvalue weighted by molar-refractivity contribution is 7.92. The van der Waals surface area contributed by atoms with Crippen LogP contribution in [0, 0.1) is 0 Å². The van der Waals surface area contributed by atoms with Gasteiger partial charge in [0.1, 0.15) is 18.3 Å². The molecule has 0 radical (unpaired) electrons. The van der Waals surface area contributed by atoms with Crippen LogP contribution in [0.4, 0.5) is 5.69 Å². The Labute approximate surface area is 212 Å². The molecule has 192 valence electrons. The van der Waals surface area contributed by atoms with Crippen LogP contribution in [0.15, 0.2) is 66.7 Å². The van der Waals surface area contributed by atoms with Gasteiger partial charge in [0.05, 0.1) is 19.1 Å². The first-order valence-corrected chi connectivity index (χ1v) is 13.7. The number of anilines is 1. The fourth-order valence-electron chi connectivity index (χ4n) is 3.97. The fourth-order valence-corrected chi connectivity index (χ4v) is 4.83. The Balaban J connectivity index is 1.98. The SMILES string of the molecule is CCCNC(=O)C(C)N(Cc1cccc(OC)c1)C(=O)CN(c1cccc2ccccc12)S(C)(=O)=O. The van der Waals surface area contributed by atoms with Gasteiger partial charge in [0, 0.05) is 18.5 Å². The number of rotatable bonds is 11. The summed E-state index contributed by atoms with van der Waals surface area (Å²) in [6.07, 6.45) is 1.83. The molecule has 0 aliphatic rings. The standard InChI is InChI=1S/C27H33N3O5S/c1-5-16-28-27(32)20(2)29(18-21-10-8-13-23(17-21)35-3)26(31)19-30(36(4,33)34)25-15-9-12-22-11-6-7-14-24(22)25/h6-15,17,20H,5,16,18-19H2,1-4H3,(H,28,32). The van der Waals surface area contributed by atoms with E-state index in [0.717, 1.165) is 27.9 Å². The molecule has 9 heteroatoms. The zero-order valence-electron chi connectivity index (χ0n) is 21.1. The average Bonchev–Trinajstić information content (AvgIpc) is 2.87. The second-order valence-corrected chi connectivity index (χ2v) is 10.5. The van der Waals surface area contributed by atoms with Crippen LogP contribution in [0.1, 0.15) is 25.8 Å². The van der Waals surface area contributed by atoms with Crippen molar-refractivity contribution in [2.24, 2.45) is 0 Å². The second-order valence-electron chi connectivity index (χ2n) is 8.61. The quantitative estimate of drug-likeness (QED) is 0.425. The molecule has 3 rings (SSSR count). The van der Waals surface area contributed by atoms with Crippen LogP contribution in [-0.2, 0) is 26.2 Å². The molecule has 0 fully saturated rings. The lowest BCUT2D eigenvalue weighted by molar-refractivity contribution is -0.139. The van der Waals surface area contributed by atoms with Gasteiger partial charge in [-0.15, -0.1) is 0 Å². The molecule has 2 amide bonds. The maximum atomic E-state index is 13.7. The highest BCUT2D eigenvalue weighted by atomic mass is 32.2. The molecule has 0 heterocycles. The van der Waals surface area contributed by atoms with E-state index < -0.39 is 28.5 Å². The lowest BCUT2D eigenvalue weighted by Crippen LogP contribution is -2.51. The number of carbonyl (C=O) groups excluding carboxylic acids is 2. The van der Waals surface area contributed by atoms with Gasteiger partial charge in [-0.25, -0.2) is 8.42 Å². The minimum absolute atomic E-state index is 0.115. The maximum Gasteiger partial charge on any atom is 0.244 e. The van der Waals surface area contributed by atoms with Crippen LogP contribution in [0.3, 0.4) is 0 Å². The minimum Gasteiger partial charge on any atom is -0.497 e. The van der Waals surface area contributed by atoms with Crippen LogP contribution in [-0.4, -0.2) is 57.6 Å². The van der Waals surface area contributed by atoms with E-state index in [1.165, 1.54) is 4.90 Å². The van der Waals surface area contributed by atoms with Gasteiger partial charge in [0.15, 0.2) is 0 Å². The predicted molar refractivity (Wildman–Crippen MR) is 142 cm³/mol.